The zero-order valence-electron chi connectivity index (χ0n) is 10.5. The Hall–Kier alpha value is -1.81. The second-order valence-electron chi connectivity index (χ2n) is 3.80. The quantitative estimate of drug-likeness (QED) is 0.457. The molecule has 0 aliphatic carbocycles. The number of aliphatic hydroxyl groups is 1. The van der Waals surface area contributed by atoms with Crippen molar-refractivity contribution in [3.8, 4) is 5.75 Å². The number of hydrogen-bond acceptors (Lipinski definition) is 4. The Labute approximate surface area is 107 Å². The summed E-state index contributed by atoms with van der Waals surface area (Å²) in [6.07, 6.45) is 1.82. The van der Waals surface area contributed by atoms with E-state index < -0.39 is 12.3 Å². The summed E-state index contributed by atoms with van der Waals surface area (Å²) in [4.78, 5) is 10.8. The minimum absolute atomic E-state index is 0.104. The molecule has 1 rings (SSSR count). The molecule has 0 saturated heterocycles. The molecule has 1 atom stereocenters. The first kappa shape index (κ1) is 14.3. The van der Waals surface area contributed by atoms with Crippen LogP contribution in [0.15, 0.2) is 36.9 Å². The molecule has 0 aliphatic rings. The van der Waals surface area contributed by atoms with Gasteiger partial charge in [-0.1, -0.05) is 32.1 Å². The molecule has 0 spiro atoms. The highest BCUT2D eigenvalue weighted by molar-refractivity contribution is 5.81. The van der Waals surface area contributed by atoms with Gasteiger partial charge in [0.25, 0.3) is 0 Å². The van der Waals surface area contributed by atoms with Gasteiger partial charge in [-0.05, 0) is 24.1 Å². The average molecular weight is 250 g/mol. The van der Waals surface area contributed by atoms with Crippen LogP contribution in [0.4, 0.5) is 0 Å². The van der Waals surface area contributed by atoms with Crippen LogP contribution >= 0.6 is 0 Å². The summed E-state index contributed by atoms with van der Waals surface area (Å²) < 4.78 is 9.84. The molecule has 0 saturated carbocycles. The fraction of sp³-hybridized carbons (Fsp3) is 0.357. The third-order valence-corrected chi connectivity index (χ3v) is 2.27. The van der Waals surface area contributed by atoms with E-state index in [1.165, 1.54) is 5.56 Å². The summed E-state index contributed by atoms with van der Waals surface area (Å²) in [5, 5.41) is 9.34. The molecule has 0 bridgehead atoms. The van der Waals surface area contributed by atoms with Crippen molar-refractivity contribution in [3.63, 3.8) is 0 Å². The SMILES string of the molecule is C=CC(=O)OC(O)COc1ccc(CCC)cc1. The maximum atomic E-state index is 10.8. The lowest BCUT2D eigenvalue weighted by Crippen LogP contribution is -2.23. The number of aliphatic hydroxyl groups excluding tert-OH is 1. The number of hydrogen-bond donors (Lipinski definition) is 1. The average Bonchev–Trinajstić information content (AvgIpc) is 2.38. The number of benzene rings is 1. The number of esters is 1. The van der Waals surface area contributed by atoms with Crippen LogP contribution in [-0.4, -0.2) is 24.0 Å². The van der Waals surface area contributed by atoms with Crippen molar-refractivity contribution in [2.24, 2.45) is 0 Å². The molecule has 0 fully saturated rings. The van der Waals surface area contributed by atoms with Gasteiger partial charge in [-0.25, -0.2) is 4.79 Å². The Morgan fingerprint density at radius 3 is 2.67 bits per heavy atom. The molecule has 18 heavy (non-hydrogen) atoms. The smallest absolute Gasteiger partial charge is 0.332 e. The van der Waals surface area contributed by atoms with E-state index >= 15 is 0 Å². The predicted molar refractivity (Wildman–Crippen MR) is 68.2 cm³/mol. The van der Waals surface area contributed by atoms with E-state index in [-0.39, 0.29) is 6.61 Å². The first-order valence-electron chi connectivity index (χ1n) is 5.88. The number of aryl methyl sites for hydroxylation is 1. The van der Waals surface area contributed by atoms with E-state index in [9.17, 15) is 9.90 Å². The summed E-state index contributed by atoms with van der Waals surface area (Å²) in [5.74, 6) is -0.0482. The van der Waals surface area contributed by atoms with Gasteiger partial charge in [0, 0.05) is 6.08 Å². The fourth-order valence-corrected chi connectivity index (χ4v) is 1.42. The van der Waals surface area contributed by atoms with Crippen LogP contribution < -0.4 is 4.74 Å². The molecular formula is C14H18O4. The molecule has 0 radical (unpaired) electrons. The van der Waals surface area contributed by atoms with Crippen molar-refractivity contribution >= 4 is 5.97 Å². The van der Waals surface area contributed by atoms with Crippen molar-refractivity contribution < 1.29 is 19.4 Å². The van der Waals surface area contributed by atoms with Crippen LogP contribution in [0.3, 0.4) is 0 Å². The molecular weight excluding hydrogens is 232 g/mol. The first-order chi connectivity index (χ1) is 8.65. The van der Waals surface area contributed by atoms with Crippen molar-refractivity contribution in [3.05, 3.63) is 42.5 Å². The Morgan fingerprint density at radius 1 is 1.44 bits per heavy atom. The predicted octanol–water partition coefficient (Wildman–Crippen LogP) is 2.07. The number of ether oxygens (including phenoxy) is 2. The van der Waals surface area contributed by atoms with Gasteiger partial charge < -0.3 is 14.6 Å². The van der Waals surface area contributed by atoms with Gasteiger partial charge in [0.05, 0.1) is 0 Å². The summed E-state index contributed by atoms with van der Waals surface area (Å²) in [7, 11) is 0. The highest BCUT2D eigenvalue weighted by Gasteiger charge is 2.08. The van der Waals surface area contributed by atoms with Crippen LogP contribution in [0.1, 0.15) is 18.9 Å². The molecule has 0 amide bonds. The zero-order chi connectivity index (χ0) is 13.4. The highest BCUT2D eigenvalue weighted by Crippen LogP contribution is 2.13. The Balaban J connectivity index is 2.38. The van der Waals surface area contributed by atoms with Crippen molar-refractivity contribution in [1.29, 1.82) is 0 Å². The molecule has 1 aromatic rings. The summed E-state index contributed by atoms with van der Waals surface area (Å²) in [6, 6.07) is 7.60. The van der Waals surface area contributed by atoms with Gasteiger partial charge >= 0.3 is 5.97 Å². The molecule has 1 N–H and O–H groups in total. The zero-order valence-corrected chi connectivity index (χ0v) is 10.5. The molecule has 4 heteroatoms. The van der Waals surface area contributed by atoms with Crippen molar-refractivity contribution in [2.45, 2.75) is 26.1 Å². The van der Waals surface area contributed by atoms with Crippen LogP contribution in [0.5, 0.6) is 5.75 Å². The van der Waals surface area contributed by atoms with Crippen LogP contribution in [0.2, 0.25) is 0 Å². The third-order valence-electron chi connectivity index (χ3n) is 2.27. The lowest BCUT2D eigenvalue weighted by Gasteiger charge is -2.12. The van der Waals surface area contributed by atoms with Gasteiger partial charge in [0.1, 0.15) is 5.75 Å². The van der Waals surface area contributed by atoms with Gasteiger partial charge in [-0.3, -0.25) is 0 Å². The third kappa shape index (κ3) is 5.01. The largest absolute Gasteiger partial charge is 0.487 e. The second kappa shape index (κ2) is 7.50. The number of carbonyl (C=O) groups excluding carboxylic acids is 1. The monoisotopic (exact) mass is 250 g/mol. The fourth-order valence-electron chi connectivity index (χ4n) is 1.42. The maximum absolute atomic E-state index is 10.8. The highest BCUT2D eigenvalue weighted by atomic mass is 16.7. The molecule has 1 aromatic carbocycles. The van der Waals surface area contributed by atoms with E-state index in [1.54, 1.807) is 0 Å². The van der Waals surface area contributed by atoms with E-state index in [1.807, 2.05) is 24.3 Å². The van der Waals surface area contributed by atoms with Crippen molar-refractivity contribution in [1.82, 2.24) is 0 Å². The van der Waals surface area contributed by atoms with Crippen LogP contribution in [0.25, 0.3) is 0 Å². The molecule has 98 valence electrons. The Morgan fingerprint density at radius 2 is 2.11 bits per heavy atom. The lowest BCUT2D eigenvalue weighted by atomic mass is 10.1. The molecule has 0 heterocycles. The summed E-state index contributed by atoms with van der Waals surface area (Å²) in [5.41, 5.74) is 1.24. The molecule has 0 aromatic heterocycles. The van der Waals surface area contributed by atoms with Gasteiger partial charge in [0.2, 0.25) is 6.29 Å². The van der Waals surface area contributed by atoms with Crippen LogP contribution in [0, 0.1) is 0 Å². The second-order valence-corrected chi connectivity index (χ2v) is 3.80. The van der Waals surface area contributed by atoms with Crippen LogP contribution in [-0.2, 0) is 16.0 Å². The summed E-state index contributed by atoms with van der Waals surface area (Å²) in [6.45, 7) is 5.25. The van der Waals surface area contributed by atoms with E-state index in [2.05, 4.69) is 18.2 Å². The minimum atomic E-state index is -1.29. The standard InChI is InChI=1S/C14H18O4/c1-3-5-11-6-8-12(9-7-11)17-10-14(16)18-13(15)4-2/h4,6-9,14,16H,2-3,5,10H2,1H3. The first-order valence-corrected chi connectivity index (χ1v) is 5.88. The number of carbonyl (C=O) groups is 1. The minimum Gasteiger partial charge on any atom is -0.487 e. The molecule has 4 nitrogen and oxygen atoms in total. The molecule has 1 unspecified atom stereocenters. The topological polar surface area (TPSA) is 55.8 Å². The summed E-state index contributed by atoms with van der Waals surface area (Å²) >= 11 is 0. The Bertz CT molecular complexity index is 383. The van der Waals surface area contributed by atoms with Gasteiger partial charge in [-0.2, -0.15) is 0 Å². The van der Waals surface area contributed by atoms with Gasteiger partial charge in [-0.15, -0.1) is 0 Å². The van der Waals surface area contributed by atoms with Crippen molar-refractivity contribution in [2.75, 3.05) is 6.61 Å². The van der Waals surface area contributed by atoms with E-state index in [0.29, 0.717) is 5.75 Å². The van der Waals surface area contributed by atoms with E-state index in [0.717, 1.165) is 18.9 Å². The lowest BCUT2D eigenvalue weighted by molar-refractivity contribution is -0.166. The normalized spacial score (nSPS) is 11.7. The van der Waals surface area contributed by atoms with E-state index in [4.69, 9.17) is 4.74 Å². The molecule has 0 aliphatic heterocycles. The Kier molecular flexibility index (Phi) is 5.94. The maximum Gasteiger partial charge on any atom is 0.332 e. The number of rotatable bonds is 7. The van der Waals surface area contributed by atoms with Gasteiger partial charge in [0.15, 0.2) is 6.61 Å².